The fraction of sp³-hybridized carbons (Fsp3) is 0.900. The van der Waals surface area contributed by atoms with E-state index in [0.717, 1.165) is 32.2 Å². The van der Waals surface area contributed by atoms with Crippen LogP contribution in [0.1, 0.15) is 58.8 Å². The quantitative estimate of drug-likeness (QED) is 0.700. The van der Waals surface area contributed by atoms with Crippen LogP contribution in [0.3, 0.4) is 0 Å². The van der Waals surface area contributed by atoms with Crippen molar-refractivity contribution in [2.75, 3.05) is 13.2 Å². The van der Waals surface area contributed by atoms with E-state index in [9.17, 15) is 10.2 Å². The summed E-state index contributed by atoms with van der Waals surface area (Å²) in [5.41, 5.74) is 8.12. The van der Waals surface area contributed by atoms with Gasteiger partial charge in [-0.15, -0.1) is 0 Å². The number of allylic oxidation sites excluding steroid dienone is 1. The first-order valence-electron chi connectivity index (χ1n) is 9.54. The van der Waals surface area contributed by atoms with Crippen molar-refractivity contribution >= 4 is 0 Å². The third kappa shape index (κ3) is 2.60. The molecule has 3 rings (SSSR count). The molecule has 7 atom stereocenters. The summed E-state index contributed by atoms with van der Waals surface area (Å²) in [5.74, 6) is 1.96. The fourth-order valence-corrected chi connectivity index (χ4v) is 6.51. The highest BCUT2D eigenvalue weighted by Gasteiger charge is 2.56. The first-order chi connectivity index (χ1) is 10.9. The summed E-state index contributed by atoms with van der Waals surface area (Å²) < 4.78 is 0. The second-order valence-electron chi connectivity index (χ2n) is 9.02. The fourth-order valence-electron chi connectivity index (χ4n) is 6.51. The Balaban J connectivity index is 1.89. The van der Waals surface area contributed by atoms with Crippen molar-refractivity contribution in [2.24, 2.45) is 40.2 Å². The number of hydrogen-bond acceptors (Lipinski definition) is 3. The monoisotopic (exact) mass is 321 g/mol. The number of aliphatic hydroxyl groups is 2. The summed E-state index contributed by atoms with van der Waals surface area (Å²) in [4.78, 5) is 0. The lowest BCUT2D eigenvalue weighted by Gasteiger charge is -2.56. The minimum Gasteiger partial charge on any atom is -0.396 e. The van der Waals surface area contributed by atoms with E-state index in [1.54, 1.807) is 0 Å². The van der Waals surface area contributed by atoms with Gasteiger partial charge in [-0.05, 0) is 86.0 Å². The van der Waals surface area contributed by atoms with Crippen LogP contribution in [0.2, 0.25) is 0 Å². The van der Waals surface area contributed by atoms with Crippen LogP contribution in [0, 0.1) is 34.5 Å². The average Bonchev–Trinajstić information content (AvgIpc) is 2.84. The van der Waals surface area contributed by atoms with Gasteiger partial charge in [-0.1, -0.05) is 26.0 Å². The number of hydrogen-bond donors (Lipinski definition) is 3. The molecule has 3 aliphatic carbocycles. The Hall–Kier alpha value is -0.380. The molecule has 0 heterocycles. The van der Waals surface area contributed by atoms with Crippen LogP contribution in [0.5, 0.6) is 0 Å². The summed E-state index contributed by atoms with van der Waals surface area (Å²) in [5, 5.41) is 20.0. The summed E-state index contributed by atoms with van der Waals surface area (Å²) in [7, 11) is 0. The van der Waals surface area contributed by atoms with Gasteiger partial charge in [-0.3, -0.25) is 0 Å². The van der Waals surface area contributed by atoms with Crippen LogP contribution in [-0.2, 0) is 0 Å². The molecule has 0 radical (unpaired) electrons. The van der Waals surface area contributed by atoms with Gasteiger partial charge >= 0.3 is 0 Å². The van der Waals surface area contributed by atoms with Gasteiger partial charge in [0.2, 0.25) is 0 Å². The molecule has 4 N–H and O–H groups in total. The molecule has 3 fully saturated rings. The molecular formula is C20H35NO2. The molecule has 0 amide bonds. The molecule has 0 spiro atoms. The molecule has 3 saturated carbocycles. The number of aliphatic hydroxyl groups excluding tert-OH is 2. The largest absolute Gasteiger partial charge is 0.396 e. The van der Waals surface area contributed by atoms with E-state index >= 15 is 0 Å². The van der Waals surface area contributed by atoms with Gasteiger partial charge in [0.1, 0.15) is 0 Å². The van der Waals surface area contributed by atoms with Gasteiger partial charge in [0.15, 0.2) is 0 Å². The number of rotatable bonds is 3. The van der Waals surface area contributed by atoms with Gasteiger partial charge in [0, 0.05) is 6.61 Å². The van der Waals surface area contributed by atoms with Crippen molar-refractivity contribution in [1.29, 1.82) is 0 Å². The maximum absolute atomic E-state index is 10.0. The third-order valence-electron chi connectivity index (χ3n) is 8.24. The maximum Gasteiger partial charge on any atom is 0.0544 e. The van der Waals surface area contributed by atoms with Crippen LogP contribution in [0.4, 0.5) is 0 Å². The van der Waals surface area contributed by atoms with Crippen LogP contribution < -0.4 is 5.73 Å². The highest BCUT2D eigenvalue weighted by atomic mass is 16.3. The van der Waals surface area contributed by atoms with Crippen molar-refractivity contribution < 1.29 is 10.2 Å². The van der Waals surface area contributed by atoms with E-state index in [1.165, 1.54) is 24.8 Å². The Labute approximate surface area is 141 Å². The van der Waals surface area contributed by atoms with Crippen molar-refractivity contribution in [1.82, 2.24) is 0 Å². The van der Waals surface area contributed by atoms with Crippen molar-refractivity contribution in [2.45, 2.75) is 64.9 Å². The molecule has 0 aliphatic heterocycles. The minimum atomic E-state index is -0.239. The van der Waals surface area contributed by atoms with Crippen molar-refractivity contribution in [3.8, 4) is 0 Å². The normalized spacial score (nSPS) is 50.8. The molecule has 23 heavy (non-hydrogen) atoms. The minimum absolute atomic E-state index is 0.114. The zero-order valence-electron chi connectivity index (χ0n) is 14.9. The molecule has 0 aromatic heterocycles. The molecule has 0 saturated heterocycles. The summed E-state index contributed by atoms with van der Waals surface area (Å²) in [6.45, 7) is 10.1. The molecule has 132 valence electrons. The lowest BCUT2D eigenvalue weighted by Crippen LogP contribution is -2.52. The predicted molar refractivity (Wildman–Crippen MR) is 93.8 cm³/mol. The van der Waals surface area contributed by atoms with Gasteiger partial charge in [-0.25, -0.2) is 0 Å². The second kappa shape index (κ2) is 6.16. The third-order valence-corrected chi connectivity index (χ3v) is 8.24. The highest BCUT2D eigenvalue weighted by molar-refractivity contribution is 5.20. The molecule has 0 aromatic rings. The van der Waals surface area contributed by atoms with E-state index in [0.29, 0.717) is 17.8 Å². The number of nitrogens with two attached hydrogens (primary N) is 1. The lowest BCUT2D eigenvalue weighted by molar-refractivity contribution is -0.0916. The van der Waals surface area contributed by atoms with Gasteiger partial charge < -0.3 is 15.9 Å². The maximum atomic E-state index is 10.0. The first kappa shape index (κ1) is 17.4. The van der Waals surface area contributed by atoms with E-state index in [1.807, 2.05) is 0 Å². The summed E-state index contributed by atoms with van der Waals surface area (Å²) >= 11 is 0. The first-order valence-corrected chi connectivity index (χ1v) is 9.54. The topological polar surface area (TPSA) is 66.5 Å². The van der Waals surface area contributed by atoms with Crippen LogP contribution in [0.15, 0.2) is 12.2 Å². The molecule has 0 aromatic carbocycles. The standard InChI is InChI=1S/C20H35NO2/c1-13-4-5-17-16(11-21)18(7-9-19(13,17)2)20(3)8-6-15(23)10-14(20)12-22/h14-18,22-23H,1,4-12,21H2,2-3H3/t14-,15+,16+,17+,18+,19?,20+/m1/s1. The van der Waals surface area contributed by atoms with Crippen molar-refractivity contribution in [3.05, 3.63) is 12.2 Å². The van der Waals surface area contributed by atoms with E-state index in [2.05, 4.69) is 20.4 Å². The Bertz CT molecular complexity index is 465. The smallest absolute Gasteiger partial charge is 0.0544 e. The molecule has 1 unspecified atom stereocenters. The molecule has 3 nitrogen and oxygen atoms in total. The zero-order valence-corrected chi connectivity index (χ0v) is 14.9. The van der Waals surface area contributed by atoms with Crippen LogP contribution in [-0.4, -0.2) is 29.5 Å². The zero-order chi connectivity index (χ0) is 16.8. The van der Waals surface area contributed by atoms with Crippen LogP contribution in [0.25, 0.3) is 0 Å². The second-order valence-corrected chi connectivity index (χ2v) is 9.02. The Kier molecular flexibility index (Phi) is 4.67. The average molecular weight is 322 g/mol. The molecular weight excluding hydrogens is 286 g/mol. The van der Waals surface area contributed by atoms with E-state index < -0.39 is 0 Å². The van der Waals surface area contributed by atoms with E-state index in [4.69, 9.17) is 5.73 Å². The highest BCUT2D eigenvalue weighted by Crippen LogP contribution is 2.63. The number of fused-ring (bicyclic) bond motifs is 1. The Morgan fingerprint density at radius 2 is 1.91 bits per heavy atom. The van der Waals surface area contributed by atoms with Gasteiger partial charge in [-0.2, -0.15) is 0 Å². The predicted octanol–water partition coefficient (Wildman–Crippen LogP) is 3.10. The Morgan fingerprint density at radius 3 is 2.57 bits per heavy atom. The van der Waals surface area contributed by atoms with Crippen LogP contribution >= 0.6 is 0 Å². The summed E-state index contributed by atoms with van der Waals surface area (Å²) in [6.07, 6.45) is 7.19. The van der Waals surface area contributed by atoms with Gasteiger partial charge in [0.05, 0.1) is 6.10 Å². The summed E-state index contributed by atoms with van der Waals surface area (Å²) in [6, 6.07) is 0. The molecule has 3 heteroatoms. The molecule has 0 bridgehead atoms. The lowest BCUT2D eigenvalue weighted by atomic mass is 9.49. The van der Waals surface area contributed by atoms with E-state index in [-0.39, 0.29) is 29.5 Å². The van der Waals surface area contributed by atoms with Crippen molar-refractivity contribution in [3.63, 3.8) is 0 Å². The molecule has 3 aliphatic rings. The Morgan fingerprint density at radius 1 is 1.17 bits per heavy atom. The van der Waals surface area contributed by atoms with Gasteiger partial charge in [0.25, 0.3) is 0 Å². The SMILES string of the molecule is C=C1CC[C@H]2[C@H](CN)[C@@H]([C@@]3(C)CC[C@H](O)C[C@@H]3CO)CCC12C.